The highest BCUT2D eigenvalue weighted by Gasteiger charge is 2.23. The van der Waals surface area contributed by atoms with Gasteiger partial charge in [0.15, 0.2) is 0 Å². The molecule has 0 bridgehead atoms. The lowest BCUT2D eigenvalue weighted by molar-refractivity contribution is 0.177. The zero-order valence-electron chi connectivity index (χ0n) is 17.8. The number of hydrogen-bond donors (Lipinski definition) is 1. The average Bonchev–Trinajstić information content (AvgIpc) is 2.78. The molecule has 0 amide bonds. The second-order valence-electron chi connectivity index (χ2n) is 8.52. The predicted octanol–water partition coefficient (Wildman–Crippen LogP) is 4.48. The number of nitrogens with one attached hydrogen (secondary N) is 1. The largest absolute Gasteiger partial charge is 0.299 e. The minimum absolute atomic E-state index is 0.407. The van der Waals surface area contributed by atoms with E-state index in [1.165, 1.54) is 28.0 Å². The fourth-order valence-electron chi connectivity index (χ4n) is 4.61. The molecule has 1 fully saturated rings. The molecule has 1 aliphatic carbocycles. The third-order valence-corrected chi connectivity index (χ3v) is 8.75. The molecule has 0 radical (unpaired) electrons. The minimum Gasteiger partial charge on any atom is -0.299 e. The van der Waals surface area contributed by atoms with Gasteiger partial charge >= 0.3 is 0 Å². The van der Waals surface area contributed by atoms with Crippen LogP contribution in [0.15, 0.2) is 52.3 Å². The Balaban J connectivity index is 1.29. The first-order chi connectivity index (χ1) is 14.5. The molecule has 0 aromatic heterocycles. The van der Waals surface area contributed by atoms with E-state index in [4.69, 9.17) is 0 Å². The summed E-state index contributed by atoms with van der Waals surface area (Å²) in [6.07, 6.45) is 8.63. The zero-order valence-corrected chi connectivity index (χ0v) is 19.4. The molecule has 4 nitrogen and oxygen atoms in total. The van der Waals surface area contributed by atoms with E-state index in [9.17, 15) is 8.42 Å². The van der Waals surface area contributed by atoms with Crippen LogP contribution in [0.1, 0.15) is 42.4 Å². The molecule has 0 saturated carbocycles. The van der Waals surface area contributed by atoms with E-state index in [-0.39, 0.29) is 0 Å². The van der Waals surface area contributed by atoms with Crippen molar-refractivity contribution in [2.45, 2.75) is 54.9 Å². The molecule has 1 saturated heterocycles. The van der Waals surface area contributed by atoms with Crippen LogP contribution in [0.2, 0.25) is 0 Å². The van der Waals surface area contributed by atoms with Crippen LogP contribution in [0.5, 0.6) is 0 Å². The summed E-state index contributed by atoms with van der Waals surface area (Å²) in [7, 11) is -3.43. The molecule has 162 valence electrons. The van der Waals surface area contributed by atoms with Crippen molar-refractivity contribution in [1.29, 1.82) is 0 Å². The van der Waals surface area contributed by atoms with Crippen molar-refractivity contribution >= 4 is 21.8 Å². The van der Waals surface area contributed by atoms with Crippen molar-refractivity contribution in [2.24, 2.45) is 5.92 Å². The van der Waals surface area contributed by atoms with E-state index in [0.717, 1.165) is 51.7 Å². The molecular formula is C24H32N2O2S2. The first-order valence-corrected chi connectivity index (χ1v) is 13.7. The lowest BCUT2D eigenvalue weighted by Gasteiger charge is -2.32. The second-order valence-corrected chi connectivity index (χ2v) is 11.1. The number of likely N-dealkylation sites (tertiary alicyclic amines) is 1. The third-order valence-electron chi connectivity index (χ3n) is 6.49. The number of piperidine rings is 1. The van der Waals surface area contributed by atoms with Gasteiger partial charge in [0, 0.05) is 18.0 Å². The highest BCUT2D eigenvalue weighted by Crippen LogP contribution is 2.26. The summed E-state index contributed by atoms with van der Waals surface area (Å²) in [6, 6.07) is 14.3. The maximum atomic E-state index is 12.8. The summed E-state index contributed by atoms with van der Waals surface area (Å²) in [5, 5.41) is 0. The van der Waals surface area contributed by atoms with Crippen molar-refractivity contribution < 1.29 is 8.42 Å². The maximum Gasteiger partial charge on any atom is 0.240 e. The molecule has 0 atom stereocenters. The van der Waals surface area contributed by atoms with Crippen molar-refractivity contribution in [3.8, 4) is 0 Å². The maximum absolute atomic E-state index is 12.8. The van der Waals surface area contributed by atoms with Gasteiger partial charge in [-0.3, -0.25) is 4.90 Å². The van der Waals surface area contributed by atoms with Gasteiger partial charge < -0.3 is 0 Å². The lowest BCUT2D eigenvalue weighted by Crippen LogP contribution is -2.38. The molecule has 1 N–H and O–H groups in total. The fraction of sp³-hybridized carbons (Fsp3) is 0.500. The van der Waals surface area contributed by atoms with Gasteiger partial charge in [-0.15, -0.1) is 11.8 Å². The van der Waals surface area contributed by atoms with E-state index in [0.29, 0.717) is 17.4 Å². The van der Waals surface area contributed by atoms with Gasteiger partial charge in [-0.1, -0.05) is 24.3 Å². The number of fused-ring (bicyclic) bond motifs is 1. The van der Waals surface area contributed by atoms with Crippen LogP contribution < -0.4 is 4.72 Å². The predicted molar refractivity (Wildman–Crippen MR) is 124 cm³/mol. The third kappa shape index (κ3) is 5.28. The number of sulfonamides is 1. The van der Waals surface area contributed by atoms with Crippen LogP contribution in [0.3, 0.4) is 0 Å². The summed E-state index contributed by atoms with van der Waals surface area (Å²) >= 11 is 1.80. The van der Waals surface area contributed by atoms with E-state index in [1.807, 2.05) is 12.1 Å². The van der Waals surface area contributed by atoms with Crippen LogP contribution in [-0.2, 0) is 29.4 Å². The Morgan fingerprint density at radius 3 is 2.53 bits per heavy atom. The number of hydrogen-bond acceptors (Lipinski definition) is 4. The van der Waals surface area contributed by atoms with E-state index >= 15 is 0 Å². The molecule has 4 rings (SSSR count). The van der Waals surface area contributed by atoms with Gasteiger partial charge in [-0.25, -0.2) is 13.1 Å². The Labute approximate surface area is 185 Å². The van der Waals surface area contributed by atoms with E-state index in [2.05, 4.69) is 40.1 Å². The summed E-state index contributed by atoms with van der Waals surface area (Å²) in [5.74, 6) is 0.407. The molecule has 30 heavy (non-hydrogen) atoms. The second kappa shape index (κ2) is 9.86. The first kappa shape index (κ1) is 21.9. The Morgan fingerprint density at radius 1 is 1.03 bits per heavy atom. The molecule has 1 heterocycles. The molecule has 2 aliphatic rings. The Bertz CT molecular complexity index is 967. The number of aryl methyl sites for hydroxylation is 2. The van der Waals surface area contributed by atoms with Crippen molar-refractivity contribution in [3.63, 3.8) is 0 Å². The van der Waals surface area contributed by atoms with Gasteiger partial charge in [0.2, 0.25) is 10.0 Å². The topological polar surface area (TPSA) is 49.4 Å². The highest BCUT2D eigenvalue weighted by atomic mass is 32.2. The van der Waals surface area contributed by atoms with Crippen LogP contribution in [0.25, 0.3) is 0 Å². The monoisotopic (exact) mass is 444 g/mol. The fourth-order valence-corrected chi connectivity index (χ4v) is 6.39. The van der Waals surface area contributed by atoms with Crippen molar-refractivity contribution in [1.82, 2.24) is 9.62 Å². The summed E-state index contributed by atoms with van der Waals surface area (Å²) in [6.45, 7) is 3.56. The van der Waals surface area contributed by atoms with Gasteiger partial charge in [0.1, 0.15) is 0 Å². The van der Waals surface area contributed by atoms with Crippen molar-refractivity contribution in [3.05, 3.63) is 59.2 Å². The standard InChI is InChI=1S/C24H32N2O2S2/c1-29-24-9-5-4-8-22(24)18-26-14-12-19(13-15-26)17-25-30(27,28)23-11-10-20-6-2-3-7-21(20)16-23/h4-5,8-11,16,19,25H,2-3,6-7,12-15,17-18H2,1H3. The Kier molecular flexibility index (Phi) is 7.19. The summed E-state index contributed by atoms with van der Waals surface area (Å²) in [5.41, 5.74) is 3.91. The molecule has 0 spiro atoms. The van der Waals surface area contributed by atoms with Gasteiger partial charge in [-0.2, -0.15) is 0 Å². The normalized spacial score (nSPS) is 18.3. The number of nitrogens with zero attached hydrogens (tertiary/aromatic N) is 1. The van der Waals surface area contributed by atoms with Gasteiger partial charge in [-0.05, 0) is 98.7 Å². The molecule has 6 heteroatoms. The van der Waals surface area contributed by atoms with Crippen LogP contribution in [0.4, 0.5) is 0 Å². The van der Waals surface area contributed by atoms with Crippen LogP contribution >= 0.6 is 11.8 Å². The molecule has 0 unspecified atom stereocenters. The average molecular weight is 445 g/mol. The number of benzene rings is 2. The van der Waals surface area contributed by atoms with Gasteiger partial charge in [0.25, 0.3) is 0 Å². The van der Waals surface area contributed by atoms with E-state index in [1.54, 1.807) is 17.8 Å². The number of thioether (sulfide) groups is 1. The van der Waals surface area contributed by atoms with Crippen LogP contribution in [0, 0.1) is 5.92 Å². The smallest absolute Gasteiger partial charge is 0.240 e. The first-order valence-electron chi connectivity index (χ1n) is 11.0. The summed E-state index contributed by atoms with van der Waals surface area (Å²) < 4.78 is 28.5. The minimum atomic E-state index is -3.43. The Hall–Kier alpha value is -1.34. The summed E-state index contributed by atoms with van der Waals surface area (Å²) in [4.78, 5) is 4.26. The number of rotatable bonds is 7. The quantitative estimate of drug-likeness (QED) is 0.640. The van der Waals surface area contributed by atoms with Gasteiger partial charge in [0.05, 0.1) is 4.90 Å². The van der Waals surface area contributed by atoms with Crippen molar-refractivity contribution in [2.75, 3.05) is 25.9 Å². The molecule has 2 aromatic carbocycles. The molecule has 2 aromatic rings. The highest BCUT2D eigenvalue weighted by molar-refractivity contribution is 7.98. The molecule has 1 aliphatic heterocycles. The molecular weight excluding hydrogens is 412 g/mol. The SMILES string of the molecule is CSc1ccccc1CN1CCC(CNS(=O)(=O)c2ccc3c(c2)CCCC3)CC1. The Morgan fingerprint density at radius 2 is 1.77 bits per heavy atom. The van der Waals surface area contributed by atoms with Crippen LogP contribution in [-0.4, -0.2) is 39.2 Å². The lowest BCUT2D eigenvalue weighted by atomic mass is 9.92. The zero-order chi connectivity index (χ0) is 21.0. The van der Waals surface area contributed by atoms with E-state index < -0.39 is 10.0 Å².